The van der Waals surface area contributed by atoms with Gasteiger partial charge in [0.05, 0.1) is 19.0 Å². The fourth-order valence-electron chi connectivity index (χ4n) is 5.90. The van der Waals surface area contributed by atoms with Gasteiger partial charge in [-0.25, -0.2) is 9.59 Å². The SMILES string of the molecule is CC(=O)[N+]1(C(=O)N2CCN(c3ccc(C(F)(F)F)cc3[C@@H](N)CC(C)C)CC2)CCC(c2ccc(Cl)cc2)C1. The highest BCUT2D eigenvalue weighted by Gasteiger charge is 2.51. The van der Waals surface area contributed by atoms with Crippen molar-refractivity contribution in [2.75, 3.05) is 44.2 Å². The van der Waals surface area contributed by atoms with Gasteiger partial charge in [0.15, 0.2) is 0 Å². The molecule has 2 aliphatic heterocycles. The number of carbonyl (C=O) groups is 2. The Morgan fingerprint density at radius 2 is 1.72 bits per heavy atom. The maximum Gasteiger partial charge on any atom is 0.426 e. The van der Waals surface area contributed by atoms with Gasteiger partial charge >= 0.3 is 18.1 Å². The molecule has 2 aromatic rings. The molecule has 2 aliphatic rings. The zero-order valence-electron chi connectivity index (χ0n) is 22.7. The van der Waals surface area contributed by atoms with Crippen molar-refractivity contribution in [2.24, 2.45) is 11.7 Å². The van der Waals surface area contributed by atoms with Gasteiger partial charge in [-0.05, 0) is 53.8 Å². The Morgan fingerprint density at radius 3 is 2.28 bits per heavy atom. The molecule has 2 heterocycles. The van der Waals surface area contributed by atoms with Crippen LogP contribution in [0.25, 0.3) is 0 Å². The number of nitrogens with two attached hydrogens (primary N) is 1. The van der Waals surface area contributed by atoms with E-state index in [1.807, 2.05) is 43.0 Å². The molecule has 3 amide bonds. The van der Waals surface area contributed by atoms with Gasteiger partial charge in [-0.2, -0.15) is 17.7 Å². The number of carbonyl (C=O) groups excluding carboxylic acids is 2. The Morgan fingerprint density at radius 1 is 1.08 bits per heavy atom. The van der Waals surface area contributed by atoms with Crippen LogP contribution in [0.15, 0.2) is 42.5 Å². The molecule has 0 aliphatic carbocycles. The number of anilines is 1. The molecule has 3 atom stereocenters. The molecule has 2 aromatic carbocycles. The molecule has 0 saturated carbocycles. The average molecular weight is 566 g/mol. The standard InChI is InChI=1S/C29H37ClF3N4O2/c1-19(2)16-26(34)25-17-23(29(31,32)33)6-9-27(25)35-11-13-36(14-12-35)28(39)37(20(3)38)15-10-22(18-37)21-4-7-24(30)8-5-21/h4-9,17,19,22,26H,10-16,18,34H2,1-3H3/q+1/t22?,26-,37?/m0/s1. The Labute approximate surface area is 233 Å². The van der Waals surface area contributed by atoms with Crippen molar-refractivity contribution >= 4 is 29.2 Å². The molecule has 2 fully saturated rings. The van der Waals surface area contributed by atoms with Gasteiger partial charge in [0.1, 0.15) is 6.54 Å². The quantitative estimate of drug-likeness (QED) is 0.439. The number of alkyl halides is 3. The summed E-state index contributed by atoms with van der Waals surface area (Å²) in [5.41, 5.74) is 7.87. The molecule has 0 radical (unpaired) electrons. The molecule has 212 valence electrons. The Bertz CT molecular complexity index is 1200. The topological polar surface area (TPSA) is 66.6 Å². The summed E-state index contributed by atoms with van der Waals surface area (Å²) in [6.45, 7) is 7.92. The largest absolute Gasteiger partial charge is 0.426 e. The van der Waals surface area contributed by atoms with Crippen LogP contribution in [-0.4, -0.2) is 60.6 Å². The molecule has 2 unspecified atom stereocenters. The zero-order valence-corrected chi connectivity index (χ0v) is 23.4. The van der Waals surface area contributed by atoms with Crippen molar-refractivity contribution in [1.82, 2.24) is 4.90 Å². The number of imide groups is 1. The van der Waals surface area contributed by atoms with Crippen LogP contribution in [-0.2, 0) is 11.0 Å². The number of amides is 3. The van der Waals surface area contributed by atoms with Gasteiger partial charge in [-0.3, -0.25) is 4.90 Å². The number of benzene rings is 2. The highest BCUT2D eigenvalue weighted by atomic mass is 35.5. The predicted octanol–water partition coefficient (Wildman–Crippen LogP) is 6.20. The normalized spacial score (nSPS) is 22.8. The molecule has 6 nitrogen and oxygen atoms in total. The van der Waals surface area contributed by atoms with Crippen LogP contribution in [0.1, 0.15) is 62.3 Å². The van der Waals surface area contributed by atoms with E-state index in [2.05, 4.69) is 0 Å². The monoisotopic (exact) mass is 565 g/mol. The minimum Gasteiger partial charge on any atom is -0.368 e. The van der Waals surface area contributed by atoms with Crippen LogP contribution >= 0.6 is 11.6 Å². The third-order valence-corrected chi connectivity index (χ3v) is 8.32. The van der Waals surface area contributed by atoms with E-state index < -0.39 is 17.8 Å². The second-order valence-corrected chi connectivity index (χ2v) is 11.6. The first-order valence-electron chi connectivity index (χ1n) is 13.5. The maximum atomic E-state index is 13.8. The number of quaternary nitrogens is 1. The van der Waals surface area contributed by atoms with Crippen LogP contribution in [0.4, 0.5) is 23.7 Å². The van der Waals surface area contributed by atoms with E-state index in [-0.39, 0.29) is 28.3 Å². The second-order valence-electron chi connectivity index (χ2n) is 11.2. The number of likely N-dealkylation sites (tertiary alicyclic amines) is 1. The van der Waals surface area contributed by atoms with Crippen molar-refractivity contribution < 1.29 is 27.2 Å². The molecule has 39 heavy (non-hydrogen) atoms. The molecular formula is C29H37ClF3N4O2+. The van der Waals surface area contributed by atoms with Crippen molar-refractivity contribution in [2.45, 2.75) is 51.7 Å². The van der Waals surface area contributed by atoms with E-state index in [0.717, 1.165) is 24.1 Å². The number of urea groups is 1. The number of rotatable bonds is 5. The second kappa shape index (κ2) is 11.5. The molecule has 0 spiro atoms. The average Bonchev–Trinajstić information content (AvgIpc) is 3.34. The van der Waals surface area contributed by atoms with Crippen molar-refractivity contribution in [3.05, 3.63) is 64.2 Å². The van der Waals surface area contributed by atoms with Crippen LogP contribution in [0.2, 0.25) is 5.02 Å². The fourth-order valence-corrected chi connectivity index (χ4v) is 6.02. The number of hydrogen-bond donors (Lipinski definition) is 1. The summed E-state index contributed by atoms with van der Waals surface area (Å²) in [6, 6.07) is 10.5. The van der Waals surface area contributed by atoms with Gasteiger partial charge in [-0.15, -0.1) is 0 Å². The molecule has 2 N–H and O–H groups in total. The summed E-state index contributed by atoms with van der Waals surface area (Å²) in [5, 5.41) is 0.638. The summed E-state index contributed by atoms with van der Waals surface area (Å²) < 4.78 is 40.2. The molecule has 0 bridgehead atoms. The number of piperazine rings is 1. The lowest BCUT2D eigenvalue weighted by molar-refractivity contribution is -0.764. The molecule has 10 heteroatoms. The van der Waals surface area contributed by atoms with E-state index in [9.17, 15) is 22.8 Å². The first kappa shape index (κ1) is 29.4. The van der Waals surface area contributed by atoms with Gasteiger partial charge in [0.25, 0.3) is 0 Å². The van der Waals surface area contributed by atoms with Crippen molar-refractivity contribution in [3.63, 3.8) is 0 Å². The summed E-state index contributed by atoms with van der Waals surface area (Å²) in [6.07, 6.45) is -3.18. The summed E-state index contributed by atoms with van der Waals surface area (Å²) in [5.74, 6) is 0.123. The number of hydrogen-bond acceptors (Lipinski definition) is 4. The Balaban J connectivity index is 1.50. The molecular weight excluding hydrogens is 529 g/mol. The highest BCUT2D eigenvalue weighted by molar-refractivity contribution is 6.30. The summed E-state index contributed by atoms with van der Waals surface area (Å²) in [4.78, 5) is 30.4. The van der Waals surface area contributed by atoms with Gasteiger partial charge in [0, 0.05) is 55.3 Å². The first-order valence-corrected chi connectivity index (χ1v) is 13.8. The van der Waals surface area contributed by atoms with Crippen LogP contribution in [0.5, 0.6) is 0 Å². The highest BCUT2D eigenvalue weighted by Crippen LogP contribution is 2.38. The van der Waals surface area contributed by atoms with Gasteiger partial charge < -0.3 is 10.6 Å². The summed E-state index contributed by atoms with van der Waals surface area (Å²) in [7, 11) is 0. The third-order valence-electron chi connectivity index (χ3n) is 8.07. The van der Waals surface area contributed by atoms with E-state index in [1.54, 1.807) is 4.90 Å². The lowest BCUT2D eigenvalue weighted by atomic mass is 9.94. The molecule has 4 rings (SSSR count). The minimum atomic E-state index is -4.46. The lowest BCUT2D eigenvalue weighted by Crippen LogP contribution is -2.62. The zero-order chi connectivity index (χ0) is 28.5. The first-order chi connectivity index (χ1) is 18.3. The van der Waals surface area contributed by atoms with Gasteiger partial charge in [-0.1, -0.05) is 37.6 Å². The van der Waals surface area contributed by atoms with Crippen LogP contribution in [0.3, 0.4) is 0 Å². The Hall–Kier alpha value is -2.62. The third kappa shape index (κ3) is 6.26. The number of nitrogens with zero attached hydrogens (tertiary/aromatic N) is 3. The van der Waals surface area contributed by atoms with Crippen molar-refractivity contribution in [3.8, 4) is 0 Å². The number of halogens is 4. The molecule has 2 saturated heterocycles. The van der Waals surface area contributed by atoms with Crippen LogP contribution in [0, 0.1) is 5.92 Å². The van der Waals surface area contributed by atoms with E-state index in [1.165, 1.54) is 13.0 Å². The predicted molar refractivity (Wildman–Crippen MR) is 146 cm³/mol. The minimum absolute atomic E-state index is 0.0774. The molecule has 0 aromatic heterocycles. The van der Waals surface area contributed by atoms with E-state index in [4.69, 9.17) is 17.3 Å². The smallest absolute Gasteiger partial charge is 0.368 e. The lowest BCUT2D eigenvalue weighted by Gasteiger charge is -2.40. The van der Waals surface area contributed by atoms with Crippen molar-refractivity contribution in [1.29, 1.82) is 0 Å². The summed E-state index contributed by atoms with van der Waals surface area (Å²) >= 11 is 6.03. The van der Waals surface area contributed by atoms with E-state index in [0.29, 0.717) is 62.0 Å². The Kier molecular flexibility index (Phi) is 8.64. The maximum absolute atomic E-state index is 13.8. The fraction of sp³-hybridized carbons (Fsp3) is 0.517. The van der Waals surface area contributed by atoms with E-state index >= 15 is 0 Å². The van der Waals surface area contributed by atoms with Gasteiger partial charge in [0.2, 0.25) is 0 Å². The van der Waals surface area contributed by atoms with Crippen LogP contribution < -0.4 is 10.6 Å².